The molecular formula is C21H25N3O3. The van der Waals surface area contributed by atoms with Crippen LogP contribution in [0.15, 0.2) is 53.3 Å². The van der Waals surface area contributed by atoms with Crippen LogP contribution in [0.25, 0.3) is 16.6 Å². The summed E-state index contributed by atoms with van der Waals surface area (Å²) in [6.07, 6.45) is 0. The van der Waals surface area contributed by atoms with Crippen LogP contribution in [0, 0.1) is 0 Å². The normalized spacial score (nSPS) is 12.3. The van der Waals surface area contributed by atoms with E-state index in [4.69, 9.17) is 14.5 Å². The minimum Gasteiger partial charge on any atom is -0.492 e. The van der Waals surface area contributed by atoms with Gasteiger partial charge in [0.1, 0.15) is 11.6 Å². The third-order valence-corrected chi connectivity index (χ3v) is 4.35. The summed E-state index contributed by atoms with van der Waals surface area (Å²) < 4.78 is 12.5. The number of aromatic nitrogens is 2. The Bertz CT molecular complexity index is 968. The van der Waals surface area contributed by atoms with Crippen molar-refractivity contribution in [3.05, 3.63) is 64.7 Å². The van der Waals surface area contributed by atoms with E-state index in [1.54, 1.807) is 17.7 Å². The predicted octanol–water partition coefficient (Wildman–Crippen LogP) is 3.08. The van der Waals surface area contributed by atoms with Gasteiger partial charge < -0.3 is 14.8 Å². The number of benzene rings is 2. The summed E-state index contributed by atoms with van der Waals surface area (Å²) in [6, 6.07) is 14.8. The predicted molar refractivity (Wildman–Crippen MR) is 107 cm³/mol. The SMILES string of the molecule is CCOc1ccccc1-n1c(C(C)NCCOC)nc2ccccc2c1=O. The Kier molecular flexibility index (Phi) is 6.21. The number of fused-ring (bicyclic) bond motifs is 1. The number of rotatable bonds is 8. The van der Waals surface area contributed by atoms with Crippen LogP contribution in [0.1, 0.15) is 25.7 Å². The average Bonchev–Trinajstić information content (AvgIpc) is 2.69. The van der Waals surface area contributed by atoms with Crippen LogP contribution in [0.2, 0.25) is 0 Å². The molecule has 1 N–H and O–H groups in total. The van der Waals surface area contributed by atoms with Crippen molar-refractivity contribution in [2.24, 2.45) is 0 Å². The van der Waals surface area contributed by atoms with Crippen molar-refractivity contribution in [1.82, 2.24) is 14.9 Å². The van der Waals surface area contributed by atoms with Crippen LogP contribution in [0.3, 0.4) is 0 Å². The minimum atomic E-state index is -0.146. The van der Waals surface area contributed by atoms with Crippen LogP contribution < -0.4 is 15.6 Å². The lowest BCUT2D eigenvalue weighted by Gasteiger charge is -2.21. The molecule has 27 heavy (non-hydrogen) atoms. The highest BCUT2D eigenvalue weighted by molar-refractivity contribution is 5.78. The molecule has 0 amide bonds. The van der Waals surface area contributed by atoms with Crippen LogP contribution in [0.5, 0.6) is 5.75 Å². The number of hydrogen-bond acceptors (Lipinski definition) is 5. The molecule has 3 rings (SSSR count). The first-order valence-electron chi connectivity index (χ1n) is 9.13. The molecule has 0 saturated heterocycles. The van der Waals surface area contributed by atoms with Crippen molar-refractivity contribution in [2.45, 2.75) is 19.9 Å². The molecule has 1 atom stereocenters. The first kappa shape index (κ1) is 19.1. The molecule has 6 heteroatoms. The number of ether oxygens (including phenoxy) is 2. The van der Waals surface area contributed by atoms with Gasteiger partial charge in [-0.3, -0.25) is 9.36 Å². The molecule has 1 aromatic heterocycles. The molecule has 0 spiro atoms. The smallest absolute Gasteiger partial charge is 0.266 e. The van der Waals surface area contributed by atoms with Crippen LogP contribution in [-0.4, -0.2) is 36.4 Å². The highest BCUT2D eigenvalue weighted by Crippen LogP contribution is 2.25. The Balaban J connectivity index is 2.21. The van der Waals surface area contributed by atoms with Gasteiger partial charge >= 0.3 is 0 Å². The Morgan fingerprint density at radius 2 is 1.89 bits per heavy atom. The quantitative estimate of drug-likeness (QED) is 0.620. The summed E-state index contributed by atoms with van der Waals surface area (Å²) in [6.45, 7) is 5.68. The molecule has 0 bridgehead atoms. The van der Waals surface area contributed by atoms with Crippen molar-refractivity contribution < 1.29 is 9.47 Å². The van der Waals surface area contributed by atoms with E-state index < -0.39 is 0 Å². The van der Waals surface area contributed by atoms with Crippen molar-refractivity contribution in [2.75, 3.05) is 26.9 Å². The lowest BCUT2D eigenvalue weighted by Crippen LogP contribution is -2.31. The van der Waals surface area contributed by atoms with E-state index >= 15 is 0 Å². The largest absolute Gasteiger partial charge is 0.492 e. The zero-order chi connectivity index (χ0) is 19.2. The maximum Gasteiger partial charge on any atom is 0.266 e. The van der Waals surface area contributed by atoms with E-state index in [-0.39, 0.29) is 11.6 Å². The summed E-state index contributed by atoms with van der Waals surface area (Å²) >= 11 is 0. The van der Waals surface area contributed by atoms with Crippen LogP contribution in [-0.2, 0) is 4.74 Å². The Morgan fingerprint density at radius 3 is 2.67 bits per heavy atom. The molecule has 142 valence electrons. The van der Waals surface area contributed by atoms with Gasteiger partial charge in [0, 0.05) is 13.7 Å². The average molecular weight is 367 g/mol. The van der Waals surface area contributed by atoms with E-state index in [9.17, 15) is 4.79 Å². The van der Waals surface area contributed by atoms with Gasteiger partial charge in [-0.2, -0.15) is 0 Å². The van der Waals surface area contributed by atoms with E-state index in [1.807, 2.05) is 56.3 Å². The maximum absolute atomic E-state index is 13.4. The molecule has 1 heterocycles. The van der Waals surface area contributed by atoms with Crippen molar-refractivity contribution in [3.8, 4) is 11.4 Å². The summed E-state index contributed by atoms with van der Waals surface area (Å²) in [4.78, 5) is 18.2. The summed E-state index contributed by atoms with van der Waals surface area (Å²) in [5.74, 6) is 1.30. The van der Waals surface area contributed by atoms with Crippen molar-refractivity contribution in [1.29, 1.82) is 0 Å². The van der Waals surface area contributed by atoms with Gasteiger partial charge in [0.05, 0.1) is 35.8 Å². The molecule has 6 nitrogen and oxygen atoms in total. The first-order chi connectivity index (χ1) is 13.2. The molecule has 2 aromatic carbocycles. The van der Waals surface area contributed by atoms with Gasteiger partial charge in [0.25, 0.3) is 5.56 Å². The monoisotopic (exact) mass is 367 g/mol. The standard InChI is InChI=1S/C21H25N3O3/c1-4-27-19-12-8-7-11-18(19)24-20(15(2)22-13-14-26-3)23-17-10-6-5-9-16(17)21(24)25/h5-12,15,22H,4,13-14H2,1-3H3. The topological polar surface area (TPSA) is 65.4 Å². The fourth-order valence-corrected chi connectivity index (χ4v) is 3.06. The number of nitrogens with zero attached hydrogens (tertiary/aromatic N) is 2. The van der Waals surface area contributed by atoms with Gasteiger partial charge in [0.15, 0.2) is 0 Å². The lowest BCUT2D eigenvalue weighted by atomic mass is 10.2. The van der Waals surface area contributed by atoms with E-state index in [1.165, 1.54) is 0 Å². The summed E-state index contributed by atoms with van der Waals surface area (Å²) in [5, 5.41) is 3.95. The molecule has 0 radical (unpaired) electrons. The third kappa shape index (κ3) is 4.02. The highest BCUT2D eigenvalue weighted by Gasteiger charge is 2.19. The minimum absolute atomic E-state index is 0.108. The molecule has 0 aliphatic carbocycles. The molecular weight excluding hydrogens is 342 g/mol. The van der Waals surface area contributed by atoms with E-state index in [0.29, 0.717) is 47.9 Å². The zero-order valence-electron chi connectivity index (χ0n) is 15.9. The molecule has 0 saturated carbocycles. The second-order valence-electron chi connectivity index (χ2n) is 6.20. The van der Waals surface area contributed by atoms with E-state index in [0.717, 1.165) is 0 Å². The van der Waals surface area contributed by atoms with Gasteiger partial charge in [-0.15, -0.1) is 0 Å². The second kappa shape index (κ2) is 8.79. The second-order valence-corrected chi connectivity index (χ2v) is 6.20. The maximum atomic E-state index is 13.4. The van der Waals surface area contributed by atoms with Crippen LogP contribution >= 0.6 is 0 Å². The molecule has 0 aliphatic rings. The molecule has 0 aliphatic heterocycles. The summed E-state index contributed by atoms with van der Waals surface area (Å²) in [7, 11) is 1.66. The van der Waals surface area contributed by atoms with Gasteiger partial charge in [-0.25, -0.2) is 4.98 Å². The number of para-hydroxylation sites is 3. The van der Waals surface area contributed by atoms with Gasteiger partial charge in [-0.05, 0) is 38.1 Å². The third-order valence-electron chi connectivity index (χ3n) is 4.35. The van der Waals surface area contributed by atoms with Gasteiger partial charge in [-0.1, -0.05) is 24.3 Å². The summed E-state index contributed by atoms with van der Waals surface area (Å²) in [5.41, 5.74) is 1.27. The number of hydrogen-bond donors (Lipinski definition) is 1. The highest BCUT2D eigenvalue weighted by atomic mass is 16.5. The Morgan fingerprint density at radius 1 is 1.15 bits per heavy atom. The molecule has 1 unspecified atom stereocenters. The number of methoxy groups -OCH3 is 1. The van der Waals surface area contributed by atoms with E-state index in [2.05, 4.69) is 5.32 Å². The molecule has 3 aromatic rings. The zero-order valence-corrected chi connectivity index (χ0v) is 15.9. The van der Waals surface area contributed by atoms with Crippen molar-refractivity contribution >= 4 is 10.9 Å². The lowest BCUT2D eigenvalue weighted by molar-refractivity contribution is 0.196. The first-order valence-corrected chi connectivity index (χ1v) is 9.13. The fraction of sp³-hybridized carbons (Fsp3) is 0.333. The number of nitrogens with one attached hydrogen (secondary N) is 1. The van der Waals surface area contributed by atoms with Gasteiger partial charge in [0.2, 0.25) is 0 Å². The van der Waals surface area contributed by atoms with Crippen LogP contribution in [0.4, 0.5) is 0 Å². The fourth-order valence-electron chi connectivity index (χ4n) is 3.06. The molecule has 0 fully saturated rings. The van der Waals surface area contributed by atoms with Crippen molar-refractivity contribution in [3.63, 3.8) is 0 Å². The Hall–Kier alpha value is -2.70. The Labute approximate surface area is 158 Å².